The van der Waals surface area contributed by atoms with Gasteiger partial charge in [-0.2, -0.15) is 0 Å². The van der Waals surface area contributed by atoms with E-state index in [0.29, 0.717) is 29.3 Å². The Balaban J connectivity index is 1.71. The molecular formula is C25H28N2O4. The lowest BCUT2D eigenvalue weighted by Gasteiger charge is -2.20. The first-order chi connectivity index (χ1) is 15.0. The first-order valence-electron chi connectivity index (χ1n) is 10.9. The number of hydrogen-bond donors (Lipinski definition) is 0. The van der Waals surface area contributed by atoms with Crippen molar-refractivity contribution in [3.05, 3.63) is 59.8 Å². The van der Waals surface area contributed by atoms with Gasteiger partial charge in [0, 0.05) is 13.1 Å². The molecule has 0 atom stereocenters. The molecule has 1 saturated heterocycles. The van der Waals surface area contributed by atoms with Crippen molar-refractivity contribution in [2.45, 2.75) is 39.7 Å². The number of benzene rings is 2. The maximum Gasteiger partial charge on any atom is 0.282 e. The molecule has 4 rings (SSSR count). The minimum absolute atomic E-state index is 0.0649. The van der Waals surface area contributed by atoms with E-state index >= 15 is 0 Å². The van der Waals surface area contributed by atoms with E-state index in [2.05, 4.69) is 0 Å². The number of carbonyl (C=O) groups is 2. The lowest BCUT2D eigenvalue weighted by Crippen LogP contribution is -2.34. The van der Waals surface area contributed by atoms with Gasteiger partial charge in [0.1, 0.15) is 17.2 Å². The lowest BCUT2D eigenvalue weighted by molar-refractivity contribution is -0.120. The number of likely N-dealkylation sites (tertiary alicyclic amines) is 1. The Morgan fingerprint density at radius 1 is 0.871 bits per heavy atom. The minimum Gasteiger partial charge on any atom is -0.494 e. The van der Waals surface area contributed by atoms with Crippen LogP contribution >= 0.6 is 0 Å². The first-order valence-corrected chi connectivity index (χ1v) is 10.9. The van der Waals surface area contributed by atoms with Crippen molar-refractivity contribution in [1.29, 1.82) is 0 Å². The molecule has 2 aromatic rings. The fourth-order valence-corrected chi connectivity index (χ4v) is 4.08. The zero-order chi connectivity index (χ0) is 22.0. The van der Waals surface area contributed by atoms with Gasteiger partial charge in [-0.15, -0.1) is 0 Å². The Bertz CT molecular complexity index is 987. The molecule has 162 valence electrons. The van der Waals surface area contributed by atoms with E-state index < -0.39 is 0 Å². The minimum atomic E-state index is -0.298. The van der Waals surface area contributed by atoms with Gasteiger partial charge in [0.25, 0.3) is 11.8 Å². The highest BCUT2D eigenvalue weighted by Crippen LogP contribution is 2.37. The van der Waals surface area contributed by atoms with Crippen LogP contribution < -0.4 is 14.4 Å². The summed E-state index contributed by atoms with van der Waals surface area (Å²) >= 11 is 0. The second-order valence-electron chi connectivity index (χ2n) is 7.98. The van der Waals surface area contributed by atoms with Gasteiger partial charge < -0.3 is 14.4 Å². The van der Waals surface area contributed by atoms with E-state index in [0.717, 1.165) is 37.2 Å². The van der Waals surface area contributed by atoms with Crippen molar-refractivity contribution in [1.82, 2.24) is 4.90 Å². The summed E-state index contributed by atoms with van der Waals surface area (Å²) in [6, 6.07) is 14.5. The quantitative estimate of drug-likeness (QED) is 0.627. The average Bonchev–Trinajstić information content (AvgIpc) is 3.36. The molecule has 2 aliphatic rings. The molecule has 0 saturated carbocycles. The van der Waals surface area contributed by atoms with Crippen LogP contribution in [0.15, 0.2) is 54.2 Å². The fraction of sp³-hybridized carbons (Fsp3) is 0.360. The maximum atomic E-state index is 13.5. The van der Waals surface area contributed by atoms with Crippen LogP contribution in [0.5, 0.6) is 11.5 Å². The highest BCUT2D eigenvalue weighted by atomic mass is 16.5. The summed E-state index contributed by atoms with van der Waals surface area (Å²) < 4.78 is 11.2. The molecule has 2 aliphatic heterocycles. The van der Waals surface area contributed by atoms with Crippen LogP contribution in [-0.2, 0) is 9.59 Å². The van der Waals surface area contributed by atoms with Crippen molar-refractivity contribution in [3.63, 3.8) is 0 Å². The predicted octanol–water partition coefficient (Wildman–Crippen LogP) is 4.25. The number of rotatable bonds is 7. The Morgan fingerprint density at radius 2 is 1.48 bits per heavy atom. The van der Waals surface area contributed by atoms with Crippen LogP contribution in [0.2, 0.25) is 0 Å². The van der Waals surface area contributed by atoms with Gasteiger partial charge in [0.15, 0.2) is 0 Å². The second-order valence-corrected chi connectivity index (χ2v) is 7.98. The predicted molar refractivity (Wildman–Crippen MR) is 120 cm³/mol. The van der Waals surface area contributed by atoms with E-state index in [1.54, 1.807) is 24.3 Å². The molecule has 2 aromatic carbocycles. The molecule has 31 heavy (non-hydrogen) atoms. The number of anilines is 1. The molecule has 6 nitrogen and oxygen atoms in total. The largest absolute Gasteiger partial charge is 0.494 e. The summed E-state index contributed by atoms with van der Waals surface area (Å²) in [4.78, 5) is 30.3. The third kappa shape index (κ3) is 4.15. The molecule has 0 unspecified atom stereocenters. The van der Waals surface area contributed by atoms with Gasteiger partial charge in [-0.1, -0.05) is 12.1 Å². The number of hydrogen-bond acceptors (Lipinski definition) is 5. The number of nitrogens with zero attached hydrogens (tertiary/aromatic N) is 2. The molecule has 0 bridgehead atoms. The molecule has 0 radical (unpaired) electrons. The van der Waals surface area contributed by atoms with E-state index in [1.165, 1.54) is 4.90 Å². The zero-order valence-electron chi connectivity index (χ0n) is 18.3. The van der Waals surface area contributed by atoms with E-state index in [4.69, 9.17) is 9.47 Å². The number of carbonyl (C=O) groups excluding carboxylic acids is 2. The second kappa shape index (κ2) is 8.84. The molecule has 1 fully saturated rings. The fourth-order valence-electron chi connectivity index (χ4n) is 4.08. The molecule has 0 N–H and O–H groups in total. The first kappa shape index (κ1) is 21.0. The van der Waals surface area contributed by atoms with Crippen LogP contribution in [-0.4, -0.2) is 42.5 Å². The maximum absolute atomic E-state index is 13.5. The summed E-state index contributed by atoms with van der Waals surface area (Å²) in [5.74, 6) is 0.878. The van der Waals surface area contributed by atoms with Crippen molar-refractivity contribution >= 4 is 23.1 Å². The lowest BCUT2D eigenvalue weighted by atomic mass is 10.0. The molecular weight excluding hydrogens is 392 g/mol. The van der Waals surface area contributed by atoms with Crippen LogP contribution in [0.3, 0.4) is 0 Å². The highest BCUT2D eigenvalue weighted by molar-refractivity contribution is 6.45. The van der Waals surface area contributed by atoms with E-state index in [9.17, 15) is 9.59 Å². The third-order valence-corrected chi connectivity index (χ3v) is 5.40. The summed E-state index contributed by atoms with van der Waals surface area (Å²) in [5.41, 5.74) is 2.22. The summed E-state index contributed by atoms with van der Waals surface area (Å²) in [6.45, 7) is 7.97. The Kier molecular flexibility index (Phi) is 5.98. The molecule has 6 heteroatoms. The van der Waals surface area contributed by atoms with Gasteiger partial charge >= 0.3 is 0 Å². The van der Waals surface area contributed by atoms with Crippen LogP contribution in [0.1, 0.15) is 39.2 Å². The molecule has 0 aromatic heterocycles. The summed E-state index contributed by atoms with van der Waals surface area (Å²) in [5, 5.41) is 0. The molecule has 0 aliphatic carbocycles. The van der Waals surface area contributed by atoms with Gasteiger partial charge in [-0.3, -0.25) is 9.59 Å². The number of ether oxygens (including phenoxy) is 2. The van der Waals surface area contributed by atoms with Gasteiger partial charge in [-0.05, 0) is 75.6 Å². The molecule has 0 spiro atoms. The standard InChI is InChI=1S/C25H28N2O4/c1-4-30-20-13-9-19(10-14-20)27-24(28)22(23(25(27)29)26-15-5-6-16-26)18-7-11-21(12-8-18)31-17(2)3/h7-14,17H,4-6,15-16H2,1-3H3. The van der Waals surface area contributed by atoms with Gasteiger partial charge in [0.2, 0.25) is 0 Å². The zero-order valence-corrected chi connectivity index (χ0v) is 18.3. The van der Waals surface area contributed by atoms with Crippen molar-refractivity contribution in [3.8, 4) is 11.5 Å². The monoisotopic (exact) mass is 420 g/mol. The van der Waals surface area contributed by atoms with E-state index in [1.807, 2.05) is 49.9 Å². The average molecular weight is 421 g/mol. The smallest absolute Gasteiger partial charge is 0.282 e. The van der Waals surface area contributed by atoms with Crippen LogP contribution in [0.25, 0.3) is 5.57 Å². The Hall–Kier alpha value is -3.28. The van der Waals surface area contributed by atoms with Crippen LogP contribution in [0, 0.1) is 0 Å². The number of imide groups is 1. The Morgan fingerprint density at radius 3 is 2.06 bits per heavy atom. The topological polar surface area (TPSA) is 59.1 Å². The molecule has 2 heterocycles. The number of amides is 2. The molecule has 2 amide bonds. The van der Waals surface area contributed by atoms with Crippen molar-refractivity contribution in [2.75, 3.05) is 24.6 Å². The Labute approximate surface area is 183 Å². The van der Waals surface area contributed by atoms with E-state index in [-0.39, 0.29) is 17.9 Å². The summed E-state index contributed by atoms with van der Waals surface area (Å²) in [6.07, 6.45) is 2.10. The normalized spacial score (nSPS) is 16.6. The highest BCUT2D eigenvalue weighted by Gasteiger charge is 2.42. The van der Waals surface area contributed by atoms with Crippen molar-refractivity contribution in [2.24, 2.45) is 0 Å². The third-order valence-electron chi connectivity index (χ3n) is 5.40. The summed E-state index contributed by atoms with van der Waals surface area (Å²) in [7, 11) is 0. The van der Waals surface area contributed by atoms with Gasteiger partial charge in [0.05, 0.1) is 24.0 Å². The van der Waals surface area contributed by atoms with Crippen molar-refractivity contribution < 1.29 is 19.1 Å². The van der Waals surface area contributed by atoms with Gasteiger partial charge in [-0.25, -0.2) is 4.90 Å². The van der Waals surface area contributed by atoms with Crippen LogP contribution in [0.4, 0.5) is 5.69 Å². The SMILES string of the molecule is CCOc1ccc(N2C(=O)C(c3ccc(OC(C)C)cc3)=C(N3CCCC3)C2=O)cc1.